The quantitative estimate of drug-likeness (QED) is 0.372. The molecule has 156 valence electrons. The topological polar surface area (TPSA) is 71.1 Å². The average molecular weight is 452 g/mol. The Morgan fingerprint density at radius 3 is 2.65 bits per heavy atom. The number of fused-ring (bicyclic) bond motifs is 1. The molecule has 0 atom stereocenters. The highest BCUT2D eigenvalue weighted by atomic mass is 32.2. The van der Waals surface area contributed by atoms with Crippen LogP contribution in [-0.4, -0.2) is 22.6 Å². The molecule has 0 saturated carbocycles. The standard InChI is InChI=1S/C23H18FN3O2S2/c24-16-7-4-8-17(11-16)25-21(28)12-18-13-30-23(26-18)31-14-22(29)27-20-10-3-6-15-5-1-2-9-19(15)20/h1-11,13H,12,14H2,(H,25,28)(H,27,29). The number of nitrogens with one attached hydrogen (secondary N) is 2. The molecule has 2 amide bonds. The molecule has 0 aliphatic heterocycles. The van der Waals surface area contributed by atoms with Crippen molar-refractivity contribution in [1.82, 2.24) is 4.98 Å². The monoisotopic (exact) mass is 451 g/mol. The Morgan fingerprint density at radius 1 is 0.968 bits per heavy atom. The van der Waals surface area contributed by atoms with E-state index in [2.05, 4.69) is 15.6 Å². The number of aromatic nitrogens is 1. The molecule has 2 N–H and O–H groups in total. The summed E-state index contributed by atoms with van der Waals surface area (Å²) in [5.41, 5.74) is 1.79. The predicted molar refractivity (Wildman–Crippen MR) is 124 cm³/mol. The summed E-state index contributed by atoms with van der Waals surface area (Å²) >= 11 is 2.70. The molecule has 0 fully saturated rings. The number of anilines is 2. The summed E-state index contributed by atoms with van der Waals surface area (Å²) < 4.78 is 13.9. The van der Waals surface area contributed by atoms with Crippen molar-refractivity contribution in [2.45, 2.75) is 10.8 Å². The lowest BCUT2D eigenvalue weighted by molar-refractivity contribution is -0.116. The van der Waals surface area contributed by atoms with Gasteiger partial charge in [-0.05, 0) is 29.7 Å². The molecule has 4 rings (SSSR count). The Bertz CT molecular complexity index is 1240. The molecule has 0 unspecified atom stereocenters. The maximum absolute atomic E-state index is 13.2. The Labute approximate surface area is 186 Å². The molecule has 0 aliphatic carbocycles. The molecular weight excluding hydrogens is 433 g/mol. The van der Waals surface area contributed by atoms with Gasteiger partial charge >= 0.3 is 0 Å². The summed E-state index contributed by atoms with van der Waals surface area (Å²) in [6.45, 7) is 0. The second kappa shape index (κ2) is 9.72. The number of hydrogen-bond acceptors (Lipinski definition) is 5. The van der Waals surface area contributed by atoms with Crippen molar-refractivity contribution < 1.29 is 14.0 Å². The SMILES string of the molecule is O=C(Cc1csc(SCC(=O)Nc2cccc3ccccc23)n1)Nc1cccc(F)c1. The van der Waals surface area contributed by atoms with Crippen LogP contribution in [0.25, 0.3) is 10.8 Å². The second-order valence-electron chi connectivity index (χ2n) is 6.70. The molecular formula is C23H18FN3O2S2. The van der Waals surface area contributed by atoms with Crippen LogP contribution >= 0.6 is 23.1 Å². The Kier molecular flexibility index (Phi) is 6.59. The van der Waals surface area contributed by atoms with E-state index in [1.165, 1.54) is 41.3 Å². The van der Waals surface area contributed by atoms with Gasteiger partial charge in [0.25, 0.3) is 0 Å². The minimum absolute atomic E-state index is 0.0791. The fraction of sp³-hybridized carbons (Fsp3) is 0.0870. The lowest BCUT2D eigenvalue weighted by Gasteiger charge is -2.08. The first kappa shape index (κ1) is 21.0. The third kappa shape index (κ3) is 5.68. The maximum atomic E-state index is 13.2. The highest BCUT2D eigenvalue weighted by molar-refractivity contribution is 8.01. The van der Waals surface area contributed by atoms with Crippen molar-refractivity contribution in [2.24, 2.45) is 0 Å². The lowest BCUT2D eigenvalue weighted by Crippen LogP contribution is -2.15. The number of thiazole rings is 1. The number of rotatable bonds is 7. The molecule has 1 heterocycles. The molecule has 8 heteroatoms. The van der Waals surface area contributed by atoms with E-state index in [4.69, 9.17) is 0 Å². The Balaban J connectivity index is 1.29. The average Bonchev–Trinajstić information content (AvgIpc) is 3.20. The summed E-state index contributed by atoms with van der Waals surface area (Å²) in [6.07, 6.45) is 0.0791. The minimum atomic E-state index is -0.410. The summed E-state index contributed by atoms with van der Waals surface area (Å²) in [7, 11) is 0. The van der Waals surface area contributed by atoms with Gasteiger partial charge in [-0.15, -0.1) is 11.3 Å². The van der Waals surface area contributed by atoms with Gasteiger partial charge in [-0.25, -0.2) is 9.37 Å². The molecule has 0 aliphatic rings. The molecule has 0 radical (unpaired) electrons. The first-order valence-corrected chi connectivity index (χ1v) is 11.3. The molecule has 0 saturated heterocycles. The number of carbonyl (C=O) groups excluding carboxylic acids is 2. The van der Waals surface area contributed by atoms with Crippen LogP contribution in [0.2, 0.25) is 0 Å². The van der Waals surface area contributed by atoms with E-state index >= 15 is 0 Å². The van der Waals surface area contributed by atoms with Crippen LogP contribution in [0.1, 0.15) is 5.69 Å². The summed E-state index contributed by atoms with van der Waals surface area (Å²) in [5, 5.41) is 9.44. The summed E-state index contributed by atoms with van der Waals surface area (Å²) in [5.74, 6) is -0.596. The van der Waals surface area contributed by atoms with Gasteiger partial charge in [-0.3, -0.25) is 9.59 Å². The van der Waals surface area contributed by atoms with Crippen molar-refractivity contribution in [1.29, 1.82) is 0 Å². The lowest BCUT2D eigenvalue weighted by atomic mass is 10.1. The predicted octanol–water partition coefficient (Wildman–Crippen LogP) is 5.35. The smallest absolute Gasteiger partial charge is 0.234 e. The van der Waals surface area contributed by atoms with Crippen molar-refractivity contribution >= 4 is 57.1 Å². The van der Waals surface area contributed by atoms with E-state index in [1.54, 1.807) is 11.4 Å². The molecule has 5 nitrogen and oxygen atoms in total. The van der Waals surface area contributed by atoms with E-state index < -0.39 is 5.82 Å². The number of thioether (sulfide) groups is 1. The molecule has 1 aromatic heterocycles. The highest BCUT2D eigenvalue weighted by Crippen LogP contribution is 2.25. The fourth-order valence-electron chi connectivity index (χ4n) is 3.02. The number of benzene rings is 3. The van der Waals surface area contributed by atoms with Crippen molar-refractivity contribution in [3.8, 4) is 0 Å². The van der Waals surface area contributed by atoms with Gasteiger partial charge in [0.2, 0.25) is 11.8 Å². The maximum Gasteiger partial charge on any atom is 0.234 e. The zero-order chi connectivity index (χ0) is 21.6. The van der Waals surface area contributed by atoms with E-state index in [0.29, 0.717) is 15.7 Å². The third-order valence-corrected chi connectivity index (χ3v) is 6.44. The third-order valence-electron chi connectivity index (χ3n) is 4.37. The van der Waals surface area contributed by atoms with Crippen molar-refractivity contribution in [2.75, 3.05) is 16.4 Å². The van der Waals surface area contributed by atoms with E-state index in [1.807, 2.05) is 42.5 Å². The number of nitrogens with zero attached hydrogens (tertiary/aromatic N) is 1. The highest BCUT2D eigenvalue weighted by Gasteiger charge is 2.11. The number of halogens is 1. The van der Waals surface area contributed by atoms with Gasteiger partial charge in [0, 0.05) is 22.1 Å². The van der Waals surface area contributed by atoms with Gasteiger partial charge in [-0.1, -0.05) is 54.2 Å². The van der Waals surface area contributed by atoms with E-state index in [0.717, 1.165) is 16.5 Å². The van der Waals surface area contributed by atoms with Gasteiger partial charge in [0.15, 0.2) is 4.34 Å². The molecule has 0 bridgehead atoms. The number of hydrogen-bond donors (Lipinski definition) is 2. The number of carbonyl (C=O) groups is 2. The Hall–Kier alpha value is -3.23. The zero-order valence-corrected chi connectivity index (χ0v) is 17.9. The van der Waals surface area contributed by atoms with Crippen LogP contribution in [0.3, 0.4) is 0 Å². The largest absolute Gasteiger partial charge is 0.326 e. The van der Waals surface area contributed by atoms with Crippen LogP contribution in [0.4, 0.5) is 15.8 Å². The normalized spacial score (nSPS) is 10.7. The number of amides is 2. The van der Waals surface area contributed by atoms with Gasteiger partial charge in [0.05, 0.1) is 17.9 Å². The van der Waals surface area contributed by atoms with Gasteiger partial charge in [0.1, 0.15) is 5.82 Å². The fourth-order valence-corrected chi connectivity index (χ4v) is 4.66. The second-order valence-corrected chi connectivity index (χ2v) is 8.78. The molecule has 0 spiro atoms. The van der Waals surface area contributed by atoms with Crippen LogP contribution in [0, 0.1) is 5.82 Å². The first-order valence-electron chi connectivity index (χ1n) is 9.47. The van der Waals surface area contributed by atoms with Crippen LogP contribution < -0.4 is 10.6 Å². The van der Waals surface area contributed by atoms with Crippen LogP contribution in [0.15, 0.2) is 76.4 Å². The minimum Gasteiger partial charge on any atom is -0.326 e. The van der Waals surface area contributed by atoms with Gasteiger partial charge < -0.3 is 10.6 Å². The molecule has 31 heavy (non-hydrogen) atoms. The molecule has 4 aromatic rings. The van der Waals surface area contributed by atoms with Crippen LogP contribution in [-0.2, 0) is 16.0 Å². The summed E-state index contributed by atoms with van der Waals surface area (Å²) in [4.78, 5) is 28.9. The van der Waals surface area contributed by atoms with Crippen LogP contribution in [0.5, 0.6) is 0 Å². The van der Waals surface area contributed by atoms with E-state index in [9.17, 15) is 14.0 Å². The summed E-state index contributed by atoms with van der Waals surface area (Å²) in [6, 6.07) is 19.4. The first-order chi connectivity index (χ1) is 15.1. The zero-order valence-electron chi connectivity index (χ0n) is 16.3. The Morgan fingerprint density at radius 2 is 1.77 bits per heavy atom. The van der Waals surface area contributed by atoms with Crippen molar-refractivity contribution in [3.05, 3.63) is 83.6 Å². The van der Waals surface area contributed by atoms with Gasteiger partial charge in [-0.2, -0.15) is 0 Å². The van der Waals surface area contributed by atoms with E-state index in [-0.39, 0.29) is 24.0 Å². The van der Waals surface area contributed by atoms with Crippen molar-refractivity contribution in [3.63, 3.8) is 0 Å². The molecule has 3 aromatic carbocycles.